The molecule has 1 aliphatic heterocycles. The van der Waals surface area contributed by atoms with E-state index in [2.05, 4.69) is 35.5 Å². The van der Waals surface area contributed by atoms with E-state index in [1.807, 2.05) is 22.6 Å². The van der Waals surface area contributed by atoms with Gasteiger partial charge in [0.25, 0.3) is 5.91 Å². The molecule has 33 heavy (non-hydrogen) atoms. The number of amides is 2. The van der Waals surface area contributed by atoms with Crippen molar-refractivity contribution < 1.29 is 9.59 Å². The molecule has 0 radical (unpaired) electrons. The molecular weight excluding hydrogens is 432 g/mol. The van der Waals surface area contributed by atoms with Gasteiger partial charge >= 0.3 is 0 Å². The maximum absolute atomic E-state index is 13.1. The number of fused-ring (bicyclic) bond motifs is 1. The number of nitrogens with one attached hydrogen (secondary N) is 1. The summed E-state index contributed by atoms with van der Waals surface area (Å²) in [5.41, 5.74) is 1.85. The second-order valence-corrected chi connectivity index (χ2v) is 10.9. The molecule has 2 aromatic heterocycles. The van der Waals surface area contributed by atoms with Crippen molar-refractivity contribution in [3.8, 4) is 0 Å². The van der Waals surface area contributed by atoms with Gasteiger partial charge in [-0.3, -0.25) is 14.5 Å². The van der Waals surface area contributed by atoms with Crippen LogP contribution in [0.25, 0.3) is 10.2 Å². The number of aromatic nitrogens is 1. The van der Waals surface area contributed by atoms with Crippen LogP contribution in [0.5, 0.6) is 0 Å². The SMILES string of the molecule is CC[C@@H](C)N(CCNC(=O)C1CCN(C(=O)c2cc3sccc3n2C)CC1)C1CCCCC1. The van der Waals surface area contributed by atoms with Gasteiger partial charge in [0, 0.05) is 51.2 Å². The monoisotopic (exact) mass is 472 g/mol. The molecule has 0 spiro atoms. The molecular formula is C26H40N4O2S. The smallest absolute Gasteiger partial charge is 0.270 e. The average molecular weight is 473 g/mol. The lowest BCUT2D eigenvalue weighted by Crippen LogP contribution is -2.48. The molecule has 182 valence electrons. The molecule has 2 aromatic rings. The molecule has 7 heteroatoms. The third-order valence-electron chi connectivity index (χ3n) is 7.91. The molecule has 0 aromatic carbocycles. The predicted octanol–water partition coefficient (Wildman–Crippen LogP) is 4.64. The van der Waals surface area contributed by atoms with E-state index >= 15 is 0 Å². The van der Waals surface area contributed by atoms with Crippen molar-refractivity contribution in [2.24, 2.45) is 13.0 Å². The molecule has 4 rings (SSSR count). The number of carbonyl (C=O) groups excluding carboxylic acids is 2. The maximum atomic E-state index is 13.1. The van der Waals surface area contributed by atoms with Gasteiger partial charge in [0.2, 0.25) is 5.91 Å². The van der Waals surface area contributed by atoms with Gasteiger partial charge in [-0.1, -0.05) is 26.2 Å². The fourth-order valence-corrected chi connectivity index (χ4v) is 6.47. The van der Waals surface area contributed by atoms with Gasteiger partial charge < -0.3 is 14.8 Å². The lowest BCUT2D eigenvalue weighted by Gasteiger charge is -2.38. The number of thiophene rings is 1. The molecule has 3 heterocycles. The summed E-state index contributed by atoms with van der Waals surface area (Å²) in [6, 6.07) is 5.29. The highest BCUT2D eigenvalue weighted by Crippen LogP contribution is 2.27. The maximum Gasteiger partial charge on any atom is 0.270 e. The van der Waals surface area contributed by atoms with Crippen molar-refractivity contribution in [3.05, 3.63) is 23.2 Å². The zero-order valence-electron chi connectivity index (χ0n) is 20.5. The van der Waals surface area contributed by atoms with E-state index in [9.17, 15) is 9.59 Å². The fourth-order valence-electron chi connectivity index (χ4n) is 5.62. The lowest BCUT2D eigenvalue weighted by atomic mass is 9.93. The molecule has 1 atom stereocenters. The van der Waals surface area contributed by atoms with Crippen LogP contribution in [0.1, 0.15) is 75.7 Å². The normalized spacial score (nSPS) is 19.3. The van der Waals surface area contributed by atoms with Crippen molar-refractivity contribution in [1.29, 1.82) is 0 Å². The summed E-state index contributed by atoms with van der Waals surface area (Å²) in [7, 11) is 1.96. The van der Waals surface area contributed by atoms with Crippen LogP contribution in [-0.2, 0) is 11.8 Å². The summed E-state index contributed by atoms with van der Waals surface area (Å²) in [6.07, 6.45) is 9.27. The highest BCUT2D eigenvalue weighted by molar-refractivity contribution is 7.17. The number of likely N-dealkylation sites (tertiary alicyclic amines) is 1. The summed E-state index contributed by atoms with van der Waals surface area (Å²) in [4.78, 5) is 30.4. The van der Waals surface area contributed by atoms with Crippen molar-refractivity contribution in [3.63, 3.8) is 0 Å². The summed E-state index contributed by atoms with van der Waals surface area (Å²) in [6.45, 7) is 7.53. The predicted molar refractivity (Wildman–Crippen MR) is 136 cm³/mol. The minimum atomic E-state index is 0.0117. The Morgan fingerprint density at radius 1 is 1.18 bits per heavy atom. The molecule has 1 aliphatic carbocycles. The van der Waals surface area contributed by atoms with Gasteiger partial charge in [0.1, 0.15) is 5.69 Å². The van der Waals surface area contributed by atoms with Crippen LogP contribution >= 0.6 is 11.3 Å². The fraction of sp³-hybridized carbons (Fsp3) is 0.692. The van der Waals surface area contributed by atoms with Gasteiger partial charge in [0.05, 0.1) is 10.2 Å². The van der Waals surface area contributed by atoms with Gasteiger partial charge in [-0.25, -0.2) is 0 Å². The van der Waals surface area contributed by atoms with Crippen molar-refractivity contribution in [1.82, 2.24) is 19.7 Å². The van der Waals surface area contributed by atoms with E-state index in [1.54, 1.807) is 11.3 Å². The topological polar surface area (TPSA) is 57.6 Å². The second-order valence-electron chi connectivity index (χ2n) is 9.90. The standard InChI is InChI=1S/C26H40N4O2S/c1-4-19(2)30(21-8-6-5-7-9-21)16-13-27-25(31)20-10-14-29(15-11-20)26(32)23-18-24-22(28(23)3)12-17-33-24/h12,17-21H,4-11,13-16H2,1-3H3,(H,27,31)/t19-/m1/s1. The zero-order valence-corrected chi connectivity index (χ0v) is 21.3. The molecule has 1 saturated carbocycles. The number of hydrogen-bond acceptors (Lipinski definition) is 4. The number of piperidine rings is 1. The summed E-state index contributed by atoms with van der Waals surface area (Å²) >= 11 is 1.66. The van der Waals surface area contributed by atoms with Crippen LogP contribution in [-0.4, -0.2) is 64.4 Å². The molecule has 2 fully saturated rings. The number of carbonyl (C=O) groups is 2. The Hall–Kier alpha value is -1.86. The molecule has 0 bridgehead atoms. The first kappa shape index (κ1) is 24.3. The molecule has 2 aliphatic rings. The Morgan fingerprint density at radius 2 is 1.91 bits per heavy atom. The van der Waals surface area contributed by atoms with Crippen LogP contribution in [0.4, 0.5) is 0 Å². The average Bonchev–Trinajstić information content (AvgIpc) is 3.44. The zero-order chi connectivity index (χ0) is 23.4. The minimum absolute atomic E-state index is 0.0117. The molecule has 1 saturated heterocycles. The Morgan fingerprint density at radius 3 is 2.58 bits per heavy atom. The molecule has 0 unspecified atom stereocenters. The highest BCUT2D eigenvalue weighted by atomic mass is 32.1. The van der Waals surface area contributed by atoms with Crippen LogP contribution < -0.4 is 5.32 Å². The summed E-state index contributed by atoms with van der Waals surface area (Å²) in [5, 5.41) is 5.27. The van der Waals surface area contributed by atoms with E-state index in [4.69, 9.17) is 0 Å². The molecule has 2 amide bonds. The van der Waals surface area contributed by atoms with E-state index < -0.39 is 0 Å². The molecule has 1 N–H and O–H groups in total. The number of nitrogens with zero attached hydrogens (tertiary/aromatic N) is 3. The quantitative estimate of drug-likeness (QED) is 0.609. The third-order valence-corrected chi connectivity index (χ3v) is 8.76. The Labute approximate surface area is 202 Å². The van der Waals surface area contributed by atoms with Crippen LogP contribution in [0.3, 0.4) is 0 Å². The van der Waals surface area contributed by atoms with Crippen LogP contribution in [0, 0.1) is 5.92 Å². The second kappa shape index (κ2) is 11.0. The van der Waals surface area contributed by atoms with Gasteiger partial charge in [-0.05, 0) is 56.5 Å². The van der Waals surface area contributed by atoms with Gasteiger partial charge in [-0.2, -0.15) is 0 Å². The Balaban J connectivity index is 1.24. The lowest BCUT2D eigenvalue weighted by molar-refractivity contribution is -0.126. The van der Waals surface area contributed by atoms with Crippen LogP contribution in [0.2, 0.25) is 0 Å². The number of hydrogen-bond donors (Lipinski definition) is 1. The summed E-state index contributed by atoms with van der Waals surface area (Å²) < 4.78 is 3.14. The van der Waals surface area contributed by atoms with E-state index in [-0.39, 0.29) is 17.7 Å². The van der Waals surface area contributed by atoms with Gasteiger partial charge in [0.15, 0.2) is 0 Å². The third kappa shape index (κ3) is 5.46. The minimum Gasteiger partial charge on any atom is -0.355 e. The van der Waals surface area contributed by atoms with Crippen molar-refractivity contribution in [2.75, 3.05) is 26.2 Å². The highest BCUT2D eigenvalue weighted by Gasteiger charge is 2.30. The van der Waals surface area contributed by atoms with E-state index in [0.29, 0.717) is 25.2 Å². The van der Waals surface area contributed by atoms with Crippen molar-refractivity contribution in [2.45, 2.75) is 77.3 Å². The largest absolute Gasteiger partial charge is 0.355 e. The van der Waals surface area contributed by atoms with Crippen molar-refractivity contribution >= 4 is 33.4 Å². The first-order valence-electron chi connectivity index (χ1n) is 12.8. The van der Waals surface area contributed by atoms with Gasteiger partial charge in [-0.15, -0.1) is 11.3 Å². The number of rotatable bonds is 8. The van der Waals surface area contributed by atoms with Crippen LogP contribution in [0.15, 0.2) is 17.5 Å². The first-order valence-corrected chi connectivity index (χ1v) is 13.7. The Kier molecular flexibility index (Phi) is 8.12. The molecule has 6 nitrogen and oxygen atoms in total. The first-order chi connectivity index (χ1) is 16.0. The number of aryl methyl sites for hydroxylation is 1. The van der Waals surface area contributed by atoms with E-state index in [0.717, 1.165) is 48.3 Å². The van der Waals surface area contributed by atoms with E-state index in [1.165, 1.54) is 32.1 Å². The summed E-state index contributed by atoms with van der Waals surface area (Å²) in [5.74, 6) is 0.253. The Bertz CT molecular complexity index is 937.